The molecule has 0 saturated carbocycles. The zero-order valence-corrected chi connectivity index (χ0v) is 21.3. The molecule has 0 aliphatic rings. The highest BCUT2D eigenvalue weighted by Crippen LogP contribution is 2.34. The molecule has 0 radical (unpaired) electrons. The molecule has 38 heavy (non-hydrogen) atoms. The Balaban J connectivity index is 1.40. The van der Waals surface area contributed by atoms with Gasteiger partial charge >= 0.3 is 0 Å². The lowest BCUT2D eigenvalue weighted by atomic mass is 10.1. The summed E-state index contributed by atoms with van der Waals surface area (Å²) in [6.07, 6.45) is 2.53. The van der Waals surface area contributed by atoms with Crippen LogP contribution in [0.3, 0.4) is 0 Å². The van der Waals surface area contributed by atoms with E-state index in [9.17, 15) is 5.11 Å². The Hall–Kier alpha value is -4.11. The highest BCUT2D eigenvalue weighted by Gasteiger charge is 2.24. The number of nitrogens with zero attached hydrogens (tertiary/aromatic N) is 3. The summed E-state index contributed by atoms with van der Waals surface area (Å²) in [6, 6.07) is 27.1. The summed E-state index contributed by atoms with van der Waals surface area (Å²) in [4.78, 5) is 2.11. The van der Waals surface area contributed by atoms with Gasteiger partial charge in [0.25, 0.3) is 0 Å². The van der Waals surface area contributed by atoms with Crippen LogP contribution in [0.2, 0.25) is 0 Å². The van der Waals surface area contributed by atoms with E-state index < -0.39 is 6.10 Å². The van der Waals surface area contributed by atoms with Gasteiger partial charge in [0.15, 0.2) is 0 Å². The lowest BCUT2D eigenvalue weighted by Crippen LogP contribution is -2.34. The van der Waals surface area contributed by atoms with Crippen molar-refractivity contribution in [2.45, 2.75) is 25.8 Å². The van der Waals surface area contributed by atoms with Crippen molar-refractivity contribution >= 4 is 0 Å². The fourth-order valence-electron chi connectivity index (χ4n) is 4.32. The first-order chi connectivity index (χ1) is 18.7. The van der Waals surface area contributed by atoms with E-state index in [-0.39, 0.29) is 6.61 Å². The molecule has 0 amide bonds. The smallest absolute Gasteiger partial charge is 0.222 e. The minimum Gasteiger partial charge on any atom is -0.468 e. The molecule has 8 heteroatoms. The van der Waals surface area contributed by atoms with Crippen molar-refractivity contribution in [3.05, 3.63) is 115 Å². The number of rotatable bonds is 13. The minimum absolute atomic E-state index is 0.168. The van der Waals surface area contributed by atoms with Crippen LogP contribution < -0.4 is 4.74 Å². The van der Waals surface area contributed by atoms with Crippen LogP contribution in [0.1, 0.15) is 17.1 Å². The Morgan fingerprint density at radius 1 is 0.868 bits per heavy atom. The third-order valence-electron chi connectivity index (χ3n) is 6.04. The quantitative estimate of drug-likeness (QED) is 0.218. The molecule has 5 rings (SSSR count). The molecule has 3 heterocycles. The van der Waals surface area contributed by atoms with E-state index >= 15 is 0 Å². The van der Waals surface area contributed by atoms with Crippen LogP contribution in [0.5, 0.6) is 11.6 Å². The van der Waals surface area contributed by atoms with Crippen molar-refractivity contribution in [2.75, 3.05) is 13.2 Å². The zero-order valence-electron chi connectivity index (χ0n) is 21.3. The first-order valence-electron chi connectivity index (χ1n) is 12.5. The van der Waals surface area contributed by atoms with Gasteiger partial charge in [-0.15, -0.1) is 0 Å². The average molecular weight is 514 g/mol. The fraction of sp³-hybridized carbons (Fsp3) is 0.233. The van der Waals surface area contributed by atoms with Crippen LogP contribution >= 0.6 is 0 Å². The number of furan rings is 2. The fourth-order valence-corrected chi connectivity index (χ4v) is 4.32. The van der Waals surface area contributed by atoms with E-state index in [1.54, 1.807) is 17.2 Å². The van der Waals surface area contributed by atoms with Crippen LogP contribution in [0.15, 0.2) is 106 Å². The lowest BCUT2D eigenvalue weighted by Gasteiger charge is -2.25. The van der Waals surface area contributed by atoms with Gasteiger partial charge in [-0.05, 0) is 36.4 Å². The first kappa shape index (κ1) is 25.5. The molecule has 1 N–H and O–H groups in total. The SMILES string of the molecule is Cn1nc(-c2ccccc2)c(CN(Cc2ccco2)C[C@@H](O)COCc2ccco2)c1Oc1ccccc1. The molecule has 3 aromatic heterocycles. The van der Waals surface area contributed by atoms with Gasteiger partial charge in [0, 0.05) is 25.7 Å². The van der Waals surface area contributed by atoms with Gasteiger partial charge in [-0.3, -0.25) is 4.90 Å². The number of aromatic nitrogens is 2. The zero-order chi connectivity index (χ0) is 26.2. The second kappa shape index (κ2) is 12.4. The average Bonchev–Trinajstić information content (AvgIpc) is 3.70. The Bertz CT molecular complexity index is 1370. The Morgan fingerprint density at radius 3 is 2.24 bits per heavy atom. The van der Waals surface area contributed by atoms with E-state index in [1.165, 1.54) is 0 Å². The van der Waals surface area contributed by atoms with Crippen LogP contribution in [-0.2, 0) is 31.5 Å². The van der Waals surface area contributed by atoms with Crippen LogP contribution in [0, 0.1) is 0 Å². The third kappa shape index (κ3) is 6.60. The van der Waals surface area contributed by atoms with Crippen LogP contribution in [0.25, 0.3) is 11.3 Å². The minimum atomic E-state index is -0.727. The van der Waals surface area contributed by atoms with Crippen LogP contribution in [0.4, 0.5) is 0 Å². The summed E-state index contributed by atoms with van der Waals surface area (Å²) in [5.74, 6) is 2.88. The van der Waals surface area contributed by atoms with Gasteiger partial charge in [-0.1, -0.05) is 48.5 Å². The van der Waals surface area contributed by atoms with Crippen molar-refractivity contribution in [2.24, 2.45) is 7.05 Å². The highest BCUT2D eigenvalue weighted by molar-refractivity contribution is 5.65. The number of aliphatic hydroxyl groups is 1. The van der Waals surface area contributed by atoms with Crippen molar-refractivity contribution in [1.29, 1.82) is 0 Å². The maximum absolute atomic E-state index is 10.9. The number of aryl methyl sites for hydroxylation is 1. The van der Waals surface area contributed by atoms with Gasteiger partial charge in [0.05, 0.1) is 37.3 Å². The molecule has 0 unspecified atom stereocenters. The van der Waals surface area contributed by atoms with Crippen molar-refractivity contribution in [1.82, 2.24) is 14.7 Å². The first-order valence-corrected chi connectivity index (χ1v) is 12.5. The van der Waals surface area contributed by atoms with Gasteiger partial charge in [0.1, 0.15) is 29.6 Å². The molecule has 5 aromatic rings. The van der Waals surface area contributed by atoms with Crippen LogP contribution in [-0.4, -0.2) is 39.0 Å². The standard InChI is InChI=1S/C30H31N3O5/c1-32-30(38-25-12-6-3-7-13-25)28(29(31-32)23-10-4-2-5-11-23)20-33(19-26-14-8-16-36-26)18-24(34)21-35-22-27-15-9-17-37-27/h2-17,24,34H,18-22H2,1H3/t24-/m1/s1. The molecule has 2 aromatic carbocycles. The number of ether oxygens (including phenoxy) is 2. The second-order valence-corrected chi connectivity index (χ2v) is 9.03. The molecule has 0 saturated heterocycles. The summed E-state index contributed by atoms with van der Waals surface area (Å²) in [7, 11) is 1.88. The topological polar surface area (TPSA) is 86.0 Å². The number of aliphatic hydroxyl groups excluding tert-OH is 1. The van der Waals surface area contributed by atoms with E-state index in [4.69, 9.17) is 23.4 Å². The summed E-state index contributed by atoms with van der Waals surface area (Å²) in [5, 5.41) is 15.7. The van der Waals surface area contributed by atoms with Gasteiger partial charge in [-0.2, -0.15) is 5.10 Å². The van der Waals surface area contributed by atoms with E-state index in [0.29, 0.717) is 32.1 Å². The second-order valence-electron chi connectivity index (χ2n) is 9.03. The number of hydrogen-bond acceptors (Lipinski definition) is 7. The predicted octanol–water partition coefficient (Wildman–Crippen LogP) is 5.65. The number of benzene rings is 2. The molecule has 1 atom stereocenters. The lowest BCUT2D eigenvalue weighted by molar-refractivity contribution is 0.00156. The summed E-state index contributed by atoms with van der Waals surface area (Å²) in [6.45, 7) is 1.79. The van der Waals surface area contributed by atoms with Crippen molar-refractivity contribution < 1.29 is 23.4 Å². The molecular weight excluding hydrogens is 482 g/mol. The van der Waals surface area contributed by atoms with E-state index in [2.05, 4.69) is 4.90 Å². The molecule has 0 fully saturated rings. The molecule has 0 aliphatic heterocycles. The third-order valence-corrected chi connectivity index (χ3v) is 6.04. The predicted molar refractivity (Wildman–Crippen MR) is 142 cm³/mol. The number of para-hydroxylation sites is 1. The molecule has 196 valence electrons. The molecular formula is C30H31N3O5. The van der Waals surface area contributed by atoms with Crippen molar-refractivity contribution in [3.63, 3.8) is 0 Å². The van der Waals surface area contributed by atoms with Crippen molar-refractivity contribution in [3.8, 4) is 22.9 Å². The highest BCUT2D eigenvalue weighted by atomic mass is 16.5. The van der Waals surface area contributed by atoms with E-state index in [0.717, 1.165) is 34.1 Å². The maximum Gasteiger partial charge on any atom is 0.222 e. The molecule has 8 nitrogen and oxygen atoms in total. The Kier molecular flexibility index (Phi) is 8.35. The molecule has 0 aliphatic carbocycles. The maximum atomic E-state index is 10.9. The van der Waals surface area contributed by atoms with Gasteiger partial charge < -0.3 is 23.4 Å². The Labute approximate surface area is 221 Å². The summed E-state index contributed by atoms with van der Waals surface area (Å²) < 4.78 is 24.7. The molecule has 0 spiro atoms. The molecule has 0 bridgehead atoms. The normalized spacial score (nSPS) is 12.2. The monoisotopic (exact) mass is 513 g/mol. The summed E-state index contributed by atoms with van der Waals surface area (Å²) >= 11 is 0. The Morgan fingerprint density at radius 2 is 1.55 bits per heavy atom. The van der Waals surface area contributed by atoms with E-state index in [1.807, 2.05) is 92.0 Å². The number of hydrogen-bond donors (Lipinski definition) is 1. The van der Waals surface area contributed by atoms with Gasteiger partial charge in [-0.25, -0.2) is 4.68 Å². The summed E-state index contributed by atoms with van der Waals surface area (Å²) in [5.41, 5.74) is 2.73. The largest absolute Gasteiger partial charge is 0.468 e. The van der Waals surface area contributed by atoms with Gasteiger partial charge in [0.2, 0.25) is 5.88 Å².